The van der Waals surface area contributed by atoms with Crippen LogP contribution >= 0.6 is 0 Å². The maximum absolute atomic E-state index is 10.5. The van der Waals surface area contributed by atoms with Gasteiger partial charge in [0, 0.05) is 13.5 Å². The first-order chi connectivity index (χ1) is 6.07. The predicted molar refractivity (Wildman–Crippen MR) is 45.8 cm³/mol. The number of rotatable bonds is 6. The van der Waals surface area contributed by atoms with Crippen LogP contribution in [-0.4, -0.2) is 41.6 Å². The fourth-order valence-corrected chi connectivity index (χ4v) is 0.710. The molecular weight excluding hydrogens is 176 g/mol. The lowest BCUT2D eigenvalue weighted by molar-refractivity contribution is -0.140. The zero-order valence-corrected chi connectivity index (χ0v) is 7.23. The van der Waals surface area contributed by atoms with E-state index in [0.717, 1.165) is 0 Å². The highest BCUT2D eigenvalue weighted by molar-refractivity contribution is 5.78. The molecule has 6 heteroatoms. The third kappa shape index (κ3) is 5.66. The van der Waals surface area contributed by atoms with E-state index in [2.05, 4.69) is 10.3 Å². The molecule has 13 heavy (non-hydrogen) atoms. The Kier molecular flexibility index (Phi) is 5.25. The van der Waals surface area contributed by atoms with Crippen molar-refractivity contribution >= 4 is 18.3 Å². The predicted octanol–water partition coefficient (Wildman–Crippen LogP) is -0.448. The number of hydrogen-bond donors (Lipinski definition) is 3. The average molecular weight is 188 g/mol. The second-order valence-electron chi connectivity index (χ2n) is 2.38. The van der Waals surface area contributed by atoms with E-state index in [9.17, 15) is 9.59 Å². The Labute approximate surface area is 75.3 Å². The van der Waals surface area contributed by atoms with Gasteiger partial charge in [-0.25, -0.2) is 4.79 Å². The summed E-state index contributed by atoms with van der Waals surface area (Å²) in [5.74, 6) is -2.09. The van der Waals surface area contributed by atoms with Crippen LogP contribution in [0.2, 0.25) is 0 Å². The lowest BCUT2D eigenvalue weighted by Gasteiger charge is -2.09. The number of hydrogen-bond acceptors (Lipinski definition) is 3. The molecule has 74 valence electrons. The number of carbonyl (C=O) groups is 2. The number of carboxylic acids is 2. The highest BCUT2D eigenvalue weighted by Gasteiger charge is 2.16. The molecule has 1 atom stereocenters. The Morgan fingerprint density at radius 3 is 2.54 bits per heavy atom. The first-order valence-corrected chi connectivity index (χ1v) is 3.69. The van der Waals surface area contributed by atoms with Crippen LogP contribution in [0.3, 0.4) is 0 Å². The Morgan fingerprint density at radius 2 is 2.15 bits per heavy atom. The molecule has 0 aromatic rings. The quantitative estimate of drug-likeness (QED) is 0.387. The van der Waals surface area contributed by atoms with Gasteiger partial charge in [0.2, 0.25) is 0 Å². The molecule has 0 rings (SSSR count). The van der Waals surface area contributed by atoms with Gasteiger partial charge >= 0.3 is 11.9 Å². The van der Waals surface area contributed by atoms with E-state index in [4.69, 9.17) is 10.2 Å². The topological polar surface area (TPSA) is 99.0 Å². The van der Waals surface area contributed by atoms with E-state index in [-0.39, 0.29) is 12.8 Å². The SMILES string of the molecule is CN=CN[C@@H](CCC(=O)O)C(=O)O. The van der Waals surface area contributed by atoms with Crippen LogP contribution < -0.4 is 5.32 Å². The van der Waals surface area contributed by atoms with Crippen molar-refractivity contribution in [2.24, 2.45) is 4.99 Å². The van der Waals surface area contributed by atoms with E-state index >= 15 is 0 Å². The van der Waals surface area contributed by atoms with Crippen LogP contribution in [0.4, 0.5) is 0 Å². The molecule has 0 aliphatic rings. The number of nitrogens with zero attached hydrogens (tertiary/aromatic N) is 1. The van der Waals surface area contributed by atoms with Crippen LogP contribution in [0.25, 0.3) is 0 Å². The summed E-state index contributed by atoms with van der Waals surface area (Å²) in [5, 5.41) is 19.4. The van der Waals surface area contributed by atoms with Gasteiger partial charge in [0.25, 0.3) is 0 Å². The standard InChI is InChI=1S/C7H12N2O4/c1-8-4-9-5(7(12)13)2-3-6(10)11/h4-5H,2-3H2,1H3,(H,8,9)(H,10,11)(H,12,13)/t5-/m0/s1. The van der Waals surface area contributed by atoms with Gasteiger partial charge in [0.05, 0.1) is 6.34 Å². The molecule has 0 unspecified atom stereocenters. The summed E-state index contributed by atoms with van der Waals surface area (Å²) in [6.07, 6.45) is 1.10. The van der Waals surface area contributed by atoms with E-state index in [1.54, 1.807) is 0 Å². The lowest BCUT2D eigenvalue weighted by Crippen LogP contribution is -2.36. The van der Waals surface area contributed by atoms with Crippen molar-refractivity contribution in [3.63, 3.8) is 0 Å². The average Bonchev–Trinajstić information content (AvgIpc) is 2.03. The van der Waals surface area contributed by atoms with Crippen LogP contribution in [-0.2, 0) is 9.59 Å². The molecule has 0 amide bonds. The first kappa shape index (κ1) is 11.4. The summed E-state index contributed by atoms with van der Waals surface area (Å²) in [6, 6.07) is -0.889. The molecule has 0 fully saturated rings. The summed E-state index contributed by atoms with van der Waals surface area (Å²) in [5.41, 5.74) is 0. The second kappa shape index (κ2) is 5.99. The Bertz CT molecular complexity index is 215. The zero-order valence-electron chi connectivity index (χ0n) is 7.23. The lowest BCUT2D eigenvalue weighted by atomic mass is 10.1. The summed E-state index contributed by atoms with van der Waals surface area (Å²) in [4.78, 5) is 24.2. The van der Waals surface area contributed by atoms with E-state index < -0.39 is 18.0 Å². The summed E-state index contributed by atoms with van der Waals surface area (Å²) in [6.45, 7) is 0. The largest absolute Gasteiger partial charge is 0.481 e. The van der Waals surface area contributed by atoms with Gasteiger partial charge in [-0.2, -0.15) is 0 Å². The van der Waals surface area contributed by atoms with Gasteiger partial charge in [0.15, 0.2) is 0 Å². The molecular formula is C7H12N2O4. The Balaban J connectivity index is 3.94. The molecule has 6 nitrogen and oxygen atoms in total. The van der Waals surface area contributed by atoms with Gasteiger partial charge < -0.3 is 15.5 Å². The molecule has 3 N–H and O–H groups in total. The van der Waals surface area contributed by atoms with E-state index in [0.29, 0.717) is 0 Å². The second-order valence-corrected chi connectivity index (χ2v) is 2.38. The molecule has 0 aromatic heterocycles. The van der Waals surface area contributed by atoms with Crippen molar-refractivity contribution in [2.75, 3.05) is 7.05 Å². The highest BCUT2D eigenvalue weighted by Crippen LogP contribution is 1.96. The van der Waals surface area contributed by atoms with Crippen molar-refractivity contribution < 1.29 is 19.8 Å². The minimum Gasteiger partial charge on any atom is -0.481 e. The molecule has 0 aliphatic carbocycles. The third-order valence-electron chi connectivity index (χ3n) is 1.35. The number of aliphatic imine (C=N–C) groups is 1. The smallest absolute Gasteiger partial charge is 0.326 e. The van der Waals surface area contributed by atoms with Crippen molar-refractivity contribution in [1.82, 2.24) is 5.32 Å². The molecule has 0 saturated carbocycles. The fraction of sp³-hybridized carbons (Fsp3) is 0.571. The maximum Gasteiger partial charge on any atom is 0.326 e. The van der Waals surface area contributed by atoms with Crippen LogP contribution in [0.15, 0.2) is 4.99 Å². The minimum atomic E-state index is -1.08. The fourth-order valence-electron chi connectivity index (χ4n) is 0.710. The highest BCUT2D eigenvalue weighted by atomic mass is 16.4. The molecule has 0 aromatic carbocycles. The van der Waals surface area contributed by atoms with Crippen molar-refractivity contribution in [1.29, 1.82) is 0 Å². The summed E-state index contributed by atoms with van der Waals surface area (Å²) >= 11 is 0. The molecule has 0 spiro atoms. The van der Waals surface area contributed by atoms with Crippen molar-refractivity contribution in [3.8, 4) is 0 Å². The van der Waals surface area contributed by atoms with E-state index in [1.807, 2.05) is 0 Å². The van der Waals surface area contributed by atoms with Crippen molar-refractivity contribution in [3.05, 3.63) is 0 Å². The zero-order chi connectivity index (χ0) is 10.3. The monoisotopic (exact) mass is 188 g/mol. The molecule has 0 bridgehead atoms. The first-order valence-electron chi connectivity index (χ1n) is 3.69. The summed E-state index contributed by atoms with van der Waals surface area (Å²) < 4.78 is 0. The molecule has 0 radical (unpaired) electrons. The number of nitrogens with one attached hydrogen (secondary N) is 1. The van der Waals surface area contributed by atoms with Gasteiger partial charge in [-0.05, 0) is 6.42 Å². The number of carboxylic acid groups (broad SMARTS) is 2. The van der Waals surface area contributed by atoms with Crippen LogP contribution in [0, 0.1) is 0 Å². The maximum atomic E-state index is 10.5. The Hall–Kier alpha value is -1.59. The van der Waals surface area contributed by atoms with Crippen molar-refractivity contribution in [2.45, 2.75) is 18.9 Å². The molecule has 0 aliphatic heterocycles. The van der Waals surface area contributed by atoms with Gasteiger partial charge in [-0.3, -0.25) is 9.79 Å². The van der Waals surface area contributed by atoms with Crippen LogP contribution in [0.5, 0.6) is 0 Å². The third-order valence-corrected chi connectivity index (χ3v) is 1.35. The van der Waals surface area contributed by atoms with E-state index in [1.165, 1.54) is 13.4 Å². The van der Waals surface area contributed by atoms with Crippen LogP contribution in [0.1, 0.15) is 12.8 Å². The normalized spacial score (nSPS) is 12.7. The minimum absolute atomic E-state index is 0.0384. The molecule has 0 saturated heterocycles. The van der Waals surface area contributed by atoms with Gasteiger partial charge in [0.1, 0.15) is 6.04 Å². The molecule has 0 heterocycles. The summed E-state index contributed by atoms with van der Waals surface area (Å²) in [7, 11) is 1.49. The number of aliphatic carboxylic acids is 2. The Morgan fingerprint density at radius 1 is 1.54 bits per heavy atom. The van der Waals surface area contributed by atoms with Gasteiger partial charge in [-0.15, -0.1) is 0 Å². The van der Waals surface area contributed by atoms with Gasteiger partial charge in [-0.1, -0.05) is 0 Å².